The van der Waals surface area contributed by atoms with E-state index in [1.165, 1.54) is 18.4 Å². The van der Waals surface area contributed by atoms with E-state index in [4.69, 9.17) is 9.47 Å². The highest BCUT2D eigenvalue weighted by Gasteiger charge is 2.26. The first-order valence-corrected chi connectivity index (χ1v) is 7.53. The summed E-state index contributed by atoms with van der Waals surface area (Å²) in [6.07, 6.45) is 2.68. The highest BCUT2D eigenvalue weighted by atomic mass is 16.5. The van der Waals surface area contributed by atoms with Crippen molar-refractivity contribution in [2.45, 2.75) is 31.5 Å². The van der Waals surface area contributed by atoms with E-state index in [1.54, 1.807) is 7.11 Å². The SMILES string of the molecule is COc1ccc(CN2CCOCC2CNC2CC2)cc1. The third-order valence-corrected chi connectivity index (χ3v) is 4.11. The summed E-state index contributed by atoms with van der Waals surface area (Å²) >= 11 is 0. The molecule has 1 N–H and O–H groups in total. The van der Waals surface area contributed by atoms with Crippen LogP contribution in [0, 0.1) is 0 Å². The van der Waals surface area contributed by atoms with Gasteiger partial charge in [0, 0.05) is 31.7 Å². The van der Waals surface area contributed by atoms with Gasteiger partial charge in [-0.15, -0.1) is 0 Å². The average molecular weight is 276 g/mol. The lowest BCUT2D eigenvalue weighted by Crippen LogP contribution is -2.50. The predicted molar refractivity (Wildman–Crippen MR) is 79.0 cm³/mol. The molecule has 1 atom stereocenters. The van der Waals surface area contributed by atoms with E-state index in [9.17, 15) is 0 Å². The van der Waals surface area contributed by atoms with Gasteiger partial charge < -0.3 is 14.8 Å². The number of rotatable bonds is 6. The van der Waals surface area contributed by atoms with Crippen LogP contribution in [0.1, 0.15) is 18.4 Å². The van der Waals surface area contributed by atoms with Crippen LogP contribution >= 0.6 is 0 Å². The molecule has 4 heteroatoms. The van der Waals surface area contributed by atoms with Crippen molar-refractivity contribution in [1.82, 2.24) is 10.2 Å². The Balaban J connectivity index is 1.56. The van der Waals surface area contributed by atoms with Crippen molar-refractivity contribution in [2.24, 2.45) is 0 Å². The lowest BCUT2D eigenvalue weighted by Gasteiger charge is -2.35. The summed E-state index contributed by atoms with van der Waals surface area (Å²) < 4.78 is 10.8. The zero-order valence-corrected chi connectivity index (χ0v) is 12.2. The molecular formula is C16H24N2O2. The van der Waals surface area contributed by atoms with E-state index < -0.39 is 0 Å². The third kappa shape index (κ3) is 3.72. The average Bonchev–Trinajstić information content (AvgIpc) is 3.31. The highest BCUT2D eigenvalue weighted by molar-refractivity contribution is 5.27. The quantitative estimate of drug-likeness (QED) is 0.856. The number of methoxy groups -OCH3 is 1. The monoisotopic (exact) mass is 276 g/mol. The molecule has 1 aliphatic heterocycles. The normalized spacial score (nSPS) is 23.8. The minimum Gasteiger partial charge on any atom is -0.497 e. The Morgan fingerprint density at radius 1 is 1.30 bits per heavy atom. The number of nitrogens with zero attached hydrogens (tertiary/aromatic N) is 1. The highest BCUT2D eigenvalue weighted by Crippen LogP contribution is 2.20. The van der Waals surface area contributed by atoms with E-state index in [1.807, 2.05) is 12.1 Å². The molecule has 0 spiro atoms. The minimum atomic E-state index is 0.492. The van der Waals surface area contributed by atoms with Crippen molar-refractivity contribution >= 4 is 0 Å². The second kappa shape index (κ2) is 6.57. The van der Waals surface area contributed by atoms with Crippen molar-refractivity contribution in [1.29, 1.82) is 0 Å². The summed E-state index contributed by atoms with van der Waals surface area (Å²) in [6.45, 7) is 4.74. The molecule has 1 aromatic rings. The first-order valence-electron chi connectivity index (χ1n) is 7.53. The summed E-state index contributed by atoms with van der Waals surface area (Å²) in [6, 6.07) is 9.63. The molecule has 0 bridgehead atoms. The molecule has 0 amide bonds. The Labute approximate surface area is 121 Å². The largest absolute Gasteiger partial charge is 0.497 e. The van der Waals surface area contributed by atoms with Crippen LogP contribution in [0.2, 0.25) is 0 Å². The Hall–Kier alpha value is -1.10. The number of ether oxygens (including phenoxy) is 2. The van der Waals surface area contributed by atoms with Crippen LogP contribution in [0.3, 0.4) is 0 Å². The fraction of sp³-hybridized carbons (Fsp3) is 0.625. The van der Waals surface area contributed by atoms with E-state index in [2.05, 4.69) is 22.3 Å². The van der Waals surface area contributed by atoms with Gasteiger partial charge in [-0.05, 0) is 30.5 Å². The van der Waals surface area contributed by atoms with Crippen molar-refractivity contribution in [2.75, 3.05) is 33.4 Å². The maximum atomic E-state index is 5.64. The van der Waals surface area contributed by atoms with Crippen molar-refractivity contribution in [3.63, 3.8) is 0 Å². The molecule has 1 saturated heterocycles. The predicted octanol–water partition coefficient (Wildman–Crippen LogP) is 1.65. The molecule has 3 rings (SSSR count). The van der Waals surface area contributed by atoms with Gasteiger partial charge >= 0.3 is 0 Å². The van der Waals surface area contributed by atoms with Gasteiger partial charge in [-0.1, -0.05) is 12.1 Å². The lowest BCUT2D eigenvalue weighted by atomic mass is 10.1. The summed E-state index contributed by atoms with van der Waals surface area (Å²) in [5, 5.41) is 3.62. The van der Waals surface area contributed by atoms with E-state index >= 15 is 0 Å². The van der Waals surface area contributed by atoms with Crippen molar-refractivity contribution < 1.29 is 9.47 Å². The minimum absolute atomic E-state index is 0.492. The van der Waals surface area contributed by atoms with Crippen molar-refractivity contribution in [3.8, 4) is 5.75 Å². The Morgan fingerprint density at radius 3 is 2.80 bits per heavy atom. The van der Waals surface area contributed by atoms with E-state index in [-0.39, 0.29) is 0 Å². The van der Waals surface area contributed by atoms with E-state index in [0.29, 0.717) is 6.04 Å². The molecule has 1 unspecified atom stereocenters. The Morgan fingerprint density at radius 2 is 2.10 bits per heavy atom. The van der Waals surface area contributed by atoms with Crippen LogP contribution in [0.5, 0.6) is 5.75 Å². The van der Waals surface area contributed by atoms with Crippen molar-refractivity contribution in [3.05, 3.63) is 29.8 Å². The molecular weight excluding hydrogens is 252 g/mol. The standard InChI is InChI=1S/C16H24N2O2/c1-19-16-6-2-13(3-7-16)11-18-8-9-20-12-15(18)10-17-14-4-5-14/h2-3,6-7,14-15,17H,4-5,8-12H2,1H3. The maximum Gasteiger partial charge on any atom is 0.118 e. The molecule has 1 aromatic carbocycles. The Bertz CT molecular complexity index is 417. The zero-order valence-electron chi connectivity index (χ0n) is 12.2. The molecule has 0 radical (unpaired) electrons. The molecule has 1 heterocycles. The van der Waals surface area contributed by atoms with Crippen LogP contribution in [0.25, 0.3) is 0 Å². The molecule has 2 aliphatic rings. The molecule has 2 fully saturated rings. The van der Waals surface area contributed by atoms with Crippen LogP contribution in [-0.4, -0.2) is 50.4 Å². The van der Waals surface area contributed by atoms with Gasteiger partial charge in [0.1, 0.15) is 5.75 Å². The van der Waals surface area contributed by atoms with Crippen LogP contribution in [0.15, 0.2) is 24.3 Å². The molecule has 110 valence electrons. The summed E-state index contributed by atoms with van der Waals surface area (Å²) in [5.74, 6) is 0.919. The van der Waals surface area contributed by atoms with Gasteiger partial charge in [0.05, 0.1) is 20.3 Å². The number of nitrogens with one attached hydrogen (secondary N) is 1. The fourth-order valence-electron chi connectivity index (χ4n) is 2.64. The van der Waals surface area contributed by atoms with Gasteiger partial charge in [0.25, 0.3) is 0 Å². The van der Waals surface area contributed by atoms with Gasteiger partial charge in [0.15, 0.2) is 0 Å². The zero-order chi connectivity index (χ0) is 13.8. The fourth-order valence-corrected chi connectivity index (χ4v) is 2.64. The summed E-state index contributed by atoms with van der Waals surface area (Å²) in [4.78, 5) is 2.53. The topological polar surface area (TPSA) is 33.7 Å². The van der Waals surface area contributed by atoms with Crippen LogP contribution < -0.4 is 10.1 Å². The van der Waals surface area contributed by atoms with Gasteiger partial charge in [-0.2, -0.15) is 0 Å². The first-order chi connectivity index (χ1) is 9.85. The third-order valence-electron chi connectivity index (χ3n) is 4.11. The van der Waals surface area contributed by atoms with Crippen LogP contribution in [-0.2, 0) is 11.3 Å². The second-order valence-corrected chi connectivity index (χ2v) is 5.73. The molecule has 0 aromatic heterocycles. The number of hydrogen-bond donors (Lipinski definition) is 1. The molecule has 4 nitrogen and oxygen atoms in total. The van der Waals surface area contributed by atoms with Gasteiger partial charge in [-0.25, -0.2) is 0 Å². The smallest absolute Gasteiger partial charge is 0.118 e. The molecule has 1 aliphatic carbocycles. The Kier molecular flexibility index (Phi) is 4.55. The number of hydrogen-bond acceptors (Lipinski definition) is 4. The van der Waals surface area contributed by atoms with E-state index in [0.717, 1.165) is 44.6 Å². The number of morpholine rings is 1. The summed E-state index contributed by atoms with van der Waals surface area (Å²) in [7, 11) is 1.70. The number of benzene rings is 1. The second-order valence-electron chi connectivity index (χ2n) is 5.73. The van der Waals surface area contributed by atoms with Gasteiger partial charge in [0.2, 0.25) is 0 Å². The van der Waals surface area contributed by atoms with Gasteiger partial charge in [-0.3, -0.25) is 4.90 Å². The summed E-state index contributed by atoms with van der Waals surface area (Å²) in [5.41, 5.74) is 1.34. The first kappa shape index (κ1) is 13.9. The maximum absolute atomic E-state index is 5.64. The molecule has 20 heavy (non-hydrogen) atoms. The van der Waals surface area contributed by atoms with Crippen LogP contribution in [0.4, 0.5) is 0 Å². The molecule has 1 saturated carbocycles. The lowest BCUT2D eigenvalue weighted by molar-refractivity contribution is -0.0110.